The predicted molar refractivity (Wildman–Crippen MR) is 134 cm³/mol. The molecule has 1 aromatic carbocycles. The van der Waals surface area contributed by atoms with E-state index in [0.29, 0.717) is 31.0 Å². The zero-order valence-corrected chi connectivity index (χ0v) is 20.2. The molecule has 1 aliphatic heterocycles. The molecule has 3 aromatic heterocycles. The summed E-state index contributed by atoms with van der Waals surface area (Å²) in [6.07, 6.45) is 8.15. The molecule has 0 aliphatic carbocycles. The summed E-state index contributed by atoms with van der Waals surface area (Å²) in [5, 5.41) is 15.9. The van der Waals surface area contributed by atoms with E-state index in [1.807, 2.05) is 49.2 Å². The summed E-state index contributed by atoms with van der Waals surface area (Å²) in [5.41, 5.74) is 4.70. The molecule has 1 aliphatic rings. The third-order valence-corrected chi connectivity index (χ3v) is 6.46. The van der Waals surface area contributed by atoms with Crippen LogP contribution in [0, 0.1) is 0 Å². The molecule has 35 heavy (non-hydrogen) atoms. The number of nitrogens with zero attached hydrogens (tertiary/aromatic N) is 5. The SMILES string of the molecule is CCOc1nn(C)c(CN2CCCCC2=O)c1/C=C/c1[nH]nc2ccc(-c3c[nH]n(C)c3=O)cc12. The van der Waals surface area contributed by atoms with Crippen LogP contribution < -0.4 is 10.3 Å². The van der Waals surface area contributed by atoms with Crippen LogP contribution in [0.2, 0.25) is 0 Å². The molecule has 0 radical (unpaired) electrons. The van der Waals surface area contributed by atoms with Crippen molar-refractivity contribution in [3.05, 3.63) is 51.7 Å². The van der Waals surface area contributed by atoms with E-state index in [1.165, 1.54) is 4.68 Å². The Hall–Kier alpha value is -4.08. The molecule has 0 saturated carbocycles. The molecular weight excluding hydrogens is 446 g/mol. The molecule has 2 N–H and O–H groups in total. The van der Waals surface area contributed by atoms with Crippen LogP contribution in [0.25, 0.3) is 34.2 Å². The van der Waals surface area contributed by atoms with Gasteiger partial charge in [-0.2, -0.15) is 5.10 Å². The first-order chi connectivity index (χ1) is 17.0. The lowest BCUT2D eigenvalue weighted by molar-refractivity contribution is -0.133. The van der Waals surface area contributed by atoms with E-state index in [1.54, 1.807) is 17.9 Å². The monoisotopic (exact) mass is 475 g/mol. The van der Waals surface area contributed by atoms with Crippen LogP contribution >= 0.6 is 0 Å². The molecular formula is C25H29N7O3. The largest absolute Gasteiger partial charge is 0.476 e. The van der Waals surface area contributed by atoms with Gasteiger partial charge < -0.3 is 14.7 Å². The highest BCUT2D eigenvalue weighted by Gasteiger charge is 2.23. The van der Waals surface area contributed by atoms with Gasteiger partial charge in [0.2, 0.25) is 11.8 Å². The second kappa shape index (κ2) is 9.28. The van der Waals surface area contributed by atoms with Gasteiger partial charge in [0.25, 0.3) is 5.56 Å². The number of aryl methyl sites for hydroxylation is 2. The van der Waals surface area contributed by atoms with Crippen LogP contribution in [0.5, 0.6) is 5.88 Å². The van der Waals surface area contributed by atoms with Crippen molar-refractivity contribution in [1.29, 1.82) is 0 Å². The lowest BCUT2D eigenvalue weighted by Crippen LogP contribution is -2.35. The molecule has 1 amide bonds. The van der Waals surface area contributed by atoms with Gasteiger partial charge >= 0.3 is 0 Å². The minimum atomic E-state index is -0.0847. The highest BCUT2D eigenvalue weighted by molar-refractivity contribution is 5.92. The zero-order valence-electron chi connectivity index (χ0n) is 20.2. The van der Waals surface area contributed by atoms with E-state index in [2.05, 4.69) is 20.4 Å². The molecule has 0 unspecified atom stereocenters. The number of hydrogen-bond donors (Lipinski definition) is 2. The lowest BCUT2D eigenvalue weighted by Gasteiger charge is -2.26. The van der Waals surface area contributed by atoms with Crippen LogP contribution in [0.1, 0.15) is 43.1 Å². The first-order valence-corrected chi connectivity index (χ1v) is 11.8. The predicted octanol–water partition coefficient (Wildman–Crippen LogP) is 3.07. The number of amides is 1. The summed E-state index contributed by atoms with van der Waals surface area (Å²) in [6.45, 7) is 3.65. The average Bonchev–Trinajstić information content (AvgIpc) is 3.50. The first kappa shape index (κ1) is 22.7. The van der Waals surface area contributed by atoms with Crippen molar-refractivity contribution in [1.82, 2.24) is 34.7 Å². The smallest absolute Gasteiger partial charge is 0.274 e. The minimum Gasteiger partial charge on any atom is -0.476 e. The Bertz CT molecular complexity index is 1470. The summed E-state index contributed by atoms with van der Waals surface area (Å²) < 4.78 is 9.05. The molecule has 10 nitrogen and oxygen atoms in total. The van der Waals surface area contributed by atoms with Crippen LogP contribution in [0.3, 0.4) is 0 Å². The number of ether oxygens (including phenoxy) is 1. The molecule has 4 aromatic rings. The van der Waals surface area contributed by atoms with Gasteiger partial charge in [-0.3, -0.25) is 24.1 Å². The van der Waals surface area contributed by atoms with Crippen LogP contribution in [-0.2, 0) is 25.4 Å². The summed E-state index contributed by atoms with van der Waals surface area (Å²) in [5.74, 6) is 0.708. The maximum atomic E-state index is 12.4. The molecule has 1 fully saturated rings. The van der Waals surface area contributed by atoms with Gasteiger partial charge in [0.1, 0.15) is 0 Å². The summed E-state index contributed by atoms with van der Waals surface area (Å²) in [7, 11) is 3.56. The maximum Gasteiger partial charge on any atom is 0.274 e. The zero-order chi connectivity index (χ0) is 24.5. The highest BCUT2D eigenvalue weighted by Crippen LogP contribution is 2.28. The van der Waals surface area contributed by atoms with Crippen molar-refractivity contribution in [2.45, 2.75) is 32.7 Å². The highest BCUT2D eigenvalue weighted by atomic mass is 16.5. The van der Waals surface area contributed by atoms with Crippen LogP contribution in [0.4, 0.5) is 0 Å². The fourth-order valence-corrected chi connectivity index (χ4v) is 4.52. The molecule has 0 bridgehead atoms. The number of hydrogen-bond acceptors (Lipinski definition) is 5. The minimum absolute atomic E-state index is 0.0847. The van der Waals surface area contributed by atoms with Gasteiger partial charge in [-0.25, -0.2) is 0 Å². The molecule has 0 spiro atoms. The second-order valence-corrected chi connectivity index (χ2v) is 8.75. The number of H-pyrrole nitrogens is 2. The van der Waals surface area contributed by atoms with E-state index < -0.39 is 0 Å². The van der Waals surface area contributed by atoms with Crippen molar-refractivity contribution >= 4 is 29.0 Å². The van der Waals surface area contributed by atoms with Gasteiger partial charge in [0.15, 0.2) is 0 Å². The van der Waals surface area contributed by atoms with E-state index in [9.17, 15) is 9.59 Å². The van der Waals surface area contributed by atoms with Crippen molar-refractivity contribution in [2.75, 3.05) is 13.2 Å². The number of aromatic nitrogens is 6. The molecule has 1 saturated heterocycles. The Morgan fingerprint density at radius 3 is 2.77 bits per heavy atom. The van der Waals surface area contributed by atoms with Gasteiger partial charge in [0, 0.05) is 38.6 Å². The van der Waals surface area contributed by atoms with Crippen LogP contribution in [0.15, 0.2) is 29.2 Å². The third-order valence-electron chi connectivity index (χ3n) is 6.46. The standard InChI is InChI=1S/C25H29N7O3/c1-4-35-24-17(22(30(2)29-24)15-32-12-6-5-7-23(32)33)9-11-21-18-13-16(8-10-20(18)27-28-21)19-14-26-31(3)25(19)34/h8-11,13-14,26H,4-7,12,15H2,1-3H3,(H,27,28)/b11-9+. The fourth-order valence-electron chi connectivity index (χ4n) is 4.52. The number of aromatic amines is 2. The van der Waals surface area contributed by atoms with Crippen molar-refractivity contribution in [2.24, 2.45) is 14.1 Å². The molecule has 5 rings (SSSR count). The van der Waals surface area contributed by atoms with Crippen molar-refractivity contribution < 1.29 is 9.53 Å². The Balaban J connectivity index is 1.52. The Morgan fingerprint density at radius 1 is 1.17 bits per heavy atom. The molecule has 182 valence electrons. The van der Waals surface area contributed by atoms with Crippen molar-refractivity contribution in [3.8, 4) is 17.0 Å². The Labute approximate surface area is 202 Å². The molecule has 4 heterocycles. The third kappa shape index (κ3) is 4.27. The van der Waals surface area contributed by atoms with E-state index >= 15 is 0 Å². The molecule has 0 atom stereocenters. The van der Waals surface area contributed by atoms with E-state index in [-0.39, 0.29) is 11.5 Å². The summed E-state index contributed by atoms with van der Waals surface area (Å²) in [6, 6.07) is 5.75. The van der Waals surface area contributed by atoms with Gasteiger partial charge in [-0.15, -0.1) is 5.10 Å². The average molecular weight is 476 g/mol. The number of benzene rings is 1. The number of likely N-dealkylation sites (tertiary alicyclic amines) is 1. The number of nitrogens with one attached hydrogen (secondary N) is 2. The second-order valence-electron chi connectivity index (χ2n) is 8.75. The number of rotatable bonds is 7. The maximum absolute atomic E-state index is 12.4. The van der Waals surface area contributed by atoms with Crippen LogP contribution in [-0.4, -0.2) is 53.7 Å². The van der Waals surface area contributed by atoms with Gasteiger partial charge in [0.05, 0.1) is 41.2 Å². The van der Waals surface area contributed by atoms with E-state index in [4.69, 9.17) is 4.74 Å². The lowest BCUT2D eigenvalue weighted by atomic mass is 10.1. The Kier molecular flexibility index (Phi) is 6.02. The molecule has 10 heteroatoms. The quantitative estimate of drug-likeness (QED) is 0.426. The van der Waals surface area contributed by atoms with Gasteiger partial charge in [-0.1, -0.05) is 6.07 Å². The summed E-state index contributed by atoms with van der Waals surface area (Å²) in [4.78, 5) is 26.7. The topological polar surface area (TPSA) is 114 Å². The number of carbonyl (C=O) groups is 1. The number of fused-ring (bicyclic) bond motifs is 1. The Morgan fingerprint density at radius 2 is 2.03 bits per heavy atom. The normalized spacial score (nSPS) is 14.5. The first-order valence-electron chi connectivity index (χ1n) is 11.8. The van der Waals surface area contributed by atoms with Gasteiger partial charge in [-0.05, 0) is 49.6 Å². The van der Waals surface area contributed by atoms with E-state index in [0.717, 1.165) is 52.8 Å². The number of carbonyl (C=O) groups excluding carboxylic acids is 1. The number of piperidine rings is 1. The fraction of sp³-hybridized carbons (Fsp3) is 0.360. The van der Waals surface area contributed by atoms with Crippen molar-refractivity contribution in [3.63, 3.8) is 0 Å². The summed E-state index contributed by atoms with van der Waals surface area (Å²) >= 11 is 0.